The summed E-state index contributed by atoms with van der Waals surface area (Å²) < 4.78 is 19.5. The highest BCUT2D eigenvalue weighted by Gasteiger charge is 2.40. The molecule has 1 aromatic carbocycles. The van der Waals surface area contributed by atoms with Crippen molar-refractivity contribution < 1.29 is 14.2 Å². The minimum absolute atomic E-state index is 0.277. The van der Waals surface area contributed by atoms with E-state index in [1.807, 2.05) is 0 Å². The molecule has 104 valence electrons. The topological polar surface area (TPSA) is 29.5 Å². The summed E-state index contributed by atoms with van der Waals surface area (Å²) in [6, 6.07) is 4.45. The van der Waals surface area contributed by atoms with Gasteiger partial charge in [0, 0.05) is 18.1 Å². The second-order valence-corrected chi connectivity index (χ2v) is 5.95. The fraction of sp³-hybridized carbons (Fsp3) is 0.625. The van der Waals surface area contributed by atoms with Gasteiger partial charge in [-0.15, -0.1) is 0 Å². The lowest BCUT2D eigenvalue weighted by Crippen LogP contribution is -2.41. The van der Waals surface area contributed by atoms with Crippen LogP contribution in [0.1, 0.15) is 63.0 Å². The average Bonchev–Trinajstić information content (AvgIpc) is 2.34. The van der Waals surface area contributed by atoms with Gasteiger partial charge in [-0.25, -0.2) is 4.39 Å². The van der Waals surface area contributed by atoms with Crippen LogP contribution in [0.15, 0.2) is 18.2 Å². The number of aliphatic hydroxyl groups is 1. The number of halogens is 1. The minimum atomic E-state index is -0.524. The molecule has 0 radical (unpaired) electrons. The van der Waals surface area contributed by atoms with Crippen molar-refractivity contribution in [2.45, 2.75) is 63.1 Å². The number of hydrogen-bond donors (Lipinski definition) is 1. The number of hydrogen-bond acceptors (Lipinski definition) is 2. The van der Waals surface area contributed by atoms with Crippen molar-refractivity contribution in [1.29, 1.82) is 0 Å². The molecule has 0 saturated heterocycles. The zero-order valence-electron chi connectivity index (χ0n) is 11.2. The summed E-state index contributed by atoms with van der Waals surface area (Å²) in [4.78, 5) is 0. The molecule has 1 fully saturated rings. The van der Waals surface area contributed by atoms with Gasteiger partial charge in [0.1, 0.15) is 17.2 Å². The Morgan fingerprint density at radius 3 is 2.53 bits per heavy atom. The Kier molecular flexibility index (Phi) is 3.48. The van der Waals surface area contributed by atoms with Crippen LogP contribution < -0.4 is 4.74 Å². The average molecular weight is 264 g/mol. The van der Waals surface area contributed by atoms with E-state index in [0.29, 0.717) is 12.2 Å². The monoisotopic (exact) mass is 264 g/mol. The van der Waals surface area contributed by atoms with E-state index in [4.69, 9.17) is 4.74 Å². The molecular weight excluding hydrogens is 243 g/mol. The van der Waals surface area contributed by atoms with E-state index in [0.717, 1.165) is 31.2 Å². The first-order chi connectivity index (χ1) is 9.19. The third-order valence-corrected chi connectivity index (χ3v) is 4.49. The highest BCUT2D eigenvalue weighted by atomic mass is 19.1. The predicted molar refractivity (Wildman–Crippen MR) is 71.7 cm³/mol. The molecule has 0 unspecified atom stereocenters. The lowest BCUT2D eigenvalue weighted by atomic mass is 9.79. The van der Waals surface area contributed by atoms with Gasteiger partial charge < -0.3 is 9.84 Å². The molecule has 3 heteroatoms. The lowest BCUT2D eigenvalue weighted by Gasteiger charge is -2.42. The van der Waals surface area contributed by atoms with Crippen molar-refractivity contribution in [1.82, 2.24) is 0 Å². The standard InChI is InChI=1S/C16H21FO2/c17-12-6-7-13-14(18)11-16(19-15(13)10-12)8-4-2-1-3-5-9-16/h6-7,10,14,18H,1-5,8-9,11H2/t14-/m1/s1. The Bertz CT molecular complexity index is 450. The SMILES string of the molecule is O[C@@H]1CC2(CCCCCCC2)Oc2cc(F)ccc21. The molecule has 1 heterocycles. The summed E-state index contributed by atoms with van der Waals surface area (Å²) >= 11 is 0. The van der Waals surface area contributed by atoms with Crippen LogP contribution in [-0.4, -0.2) is 10.7 Å². The van der Waals surface area contributed by atoms with Gasteiger partial charge in [-0.3, -0.25) is 0 Å². The largest absolute Gasteiger partial charge is 0.487 e. The number of ether oxygens (including phenoxy) is 1. The normalized spacial score (nSPS) is 26.1. The maximum atomic E-state index is 13.4. The van der Waals surface area contributed by atoms with E-state index in [2.05, 4.69) is 0 Å². The van der Waals surface area contributed by atoms with Crippen LogP contribution >= 0.6 is 0 Å². The van der Waals surface area contributed by atoms with E-state index in [-0.39, 0.29) is 11.4 Å². The van der Waals surface area contributed by atoms with Crippen molar-refractivity contribution in [2.24, 2.45) is 0 Å². The van der Waals surface area contributed by atoms with Crippen LogP contribution in [0.25, 0.3) is 0 Å². The van der Waals surface area contributed by atoms with Gasteiger partial charge in [0.2, 0.25) is 0 Å². The molecule has 2 nitrogen and oxygen atoms in total. The van der Waals surface area contributed by atoms with Gasteiger partial charge in [-0.05, 0) is 37.8 Å². The molecule has 1 aliphatic carbocycles. The second-order valence-electron chi connectivity index (χ2n) is 5.95. The van der Waals surface area contributed by atoms with Crippen LogP contribution in [0, 0.1) is 5.82 Å². The van der Waals surface area contributed by atoms with E-state index < -0.39 is 6.10 Å². The lowest BCUT2D eigenvalue weighted by molar-refractivity contribution is -0.0315. The van der Waals surface area contributed by atoms with Crippen LogP contribution in [-0.2, 0) is 0 Å². The Hall–Kier alpha value is -1.09. The predicted octanol–water partition coefficient (Wildman–Crippen LogP) is 4.12. The summed E-state index contributed by atoms with van der Waals surface area (Å²) in [5.74, 6) is 0.244. The molecule has 1 aromatic rings. The molecule has 3 rings (SSSR count). The summed E-state index contributed by atoms with van der Waals surface area (Å²) in [6.45, 7) is 0. The highest BCUT2D eigenvalue weighted by Crippen LogP contribution is 2.45. The maximum Gasteiger partial charge on any atom is 0.128 e. The third kappa shape index (κ3) is 2.62. The van der Waals surface area contributed by atoms with Crippen LogP contribution in [0.4, 0.5) is 4.39 Å². The first-order valence-electron chi connectivity index (χ1n) is 7.35. The maximum absolute atomic E-state index is 13.4. The molecule has 1 atom stereocenters. The molecule has 1 spiro atoms. The van der Waals surface area contributed by atoms with Crippen molar-refractivity contribution in [3.63, 3.8) is 0 Å². The van der Waals surface area contributed by atoms with Crippen LogP contribution in [0.3, 0.4) is 0 Å². The smallest absolute Gasteiger partial charge is 0.128 e. The Morgan fingerprint density at radius 1 is 1.11 bits per heavy atom. The summed E-state index contributed by atoms with van der Waals surface area (Å²) in [7, 11) is 0. The zero-order valence-corrected chi connectivity index (χ0v) is 11.2. The van der Waals surface area contributed by atoms with Crippen LogP contribution in [0.2, 0.25) is 0 Å². The van der Waals surface area contributed by atoms with Gasteiger partial charge in [-0.2, -0.15) is 0 Å². The second kappa shape index (κ2) is 5.12. The molecule has 1 aliphatic heterocycles. The third-order valence-electron chi connectivity index (χ3n) is 4.49. The van der Waals surface area contributed by atoms with Crippen molar-refractivity contribution in [2.75, 3.05) is 0 Å². The van der Waals surface area contributed by atoms with Crippen molar-refractivity contribution in [3.8, 4) is 5.75 Å². The molecular formula is C16H21FO2. The van der Waals surface area contributed by atoms with Gasteiger partial charge in [0.15, 0.2) is 0 Å². The first-order valence-corrected chi connectivity index (χ1v) is 7.35. The van der Waals surface area contributed by atoms with Gasteiger partial charge in [-0.1, -0.05) is 19.3 Å². The molecule has 2 aliphatic rings. The van der Waals surface area contributed by atoms with Crippen molar-refractivity contribution in [3.05, 3.63) is 29.6 Å². The number of rotatable bonds is 0. The molecule has 0 bridgehead atoms. The fourth-order valence-electron chi connectivity index (χ4n) is 3.46. The zero-order chi connectivity index (χ0) is 13.3. The molecule has 1 saturated carbocycles. The van der Waals surface area contributed by atoms with Crippen molar-refractivity contribution >= 4 is 0 Å². The van der Waals surface area contributed by atoms with Gasteiger partial charge in [0.05, 0.1) is 6.10 Å². The summed E-state index contributed by atoms with van der Waals surface area (Å²) in [5.41, 5.74) is 0.453. The molecule has 19 heavy (non-hydrogen) atoms. The summed E-state index contributed by atoms with van der Waals surface area (Å²) in [6.07, 6.45) is 8.10. The van der Waals surface area contributed by atoms with Gasteiger partial charge >= 0.3 is 0 Å². The Labute approximate surface area is 113 Å². The molecule has 0 amide bonds. The van der Waals surface area contributed by atoms with E-state index >= 15 is 0 Å². The number of benzene rings is 1. The van der Waals surface area contributed by atoms with Gasteiger partial charge in [0.25, 0.3) is 0 Å². The van der Waals surface area contributed by atoms with Crippen LogP contribution in [0.5, 0.6) is 5.75 Å². The minimum Gasteiger partial charge on any atom is -0.487 e. The summed E-state index contributed by atoms with van der Waals surface area (Å²) in [5, 5.41) is 10.3. The van der Waals surface area contributed by atoms with E-state index in [9.17, 15) is 9.50 Å². The Balaban J connectivity index is 1.89. The molecule has 1 N–H and O–H groups in total. The molecule has 0 aromatic heterocycles. The highest BCUT2D eigenvalue weighted by molar-refractivity contribution is 5.38. The quantitative estimate of drug-likeness (QED) is 0.763. The first kappa shape index (κ1) is 12.9. The van der Waals surface area contributed by atoms with E-state index in [1.54, 1.807) is 6.07 Å². The number of fused-ring (bicyclic) bond motifs is 1. The number of aliphatic hydroxyl groups excluding tert-OH is 1. The fourth-order valence-corrected chi connectivity index (χ4v) is 3.46. The Morgan fingerprint density at radius 2 is 1.79 bits per heavy atom. The van der Waals surface area contributed by atoms with E-state index in [1.165, 1.54) is 31.4 Å².